The molecule has 0 N–H and O–H groups in total. The van der Waals surface area contributed by atoms with Crippen molar-refractivity contribution in [3.8, 4) is 22.8 Å². The third-order valence-electron chi connectivity index (χ3n) is 7.89. The maximum absolute atomic E-state index is 6.94. The molecule has 0 unspecified atom stereocenters. The lowest BCUT2D eigenvalue weighted by atomic mass is 9.82. The molecule has 1 aromatic heterocycles. The van der Waals surface area contributed by atoms with Crippen molar-refractivity contribution in [1.82, 2.24) is 0 Å². The third kappa shape index (κ3) is 3.26. The van der Waals surface area contributed by atoms with E-state index in [4.69, 9.17) is 4.74 Å². The smallest absolute Gasteiger partial charge is 0.228 e. The highest BCUT2D eigenvalue weighted by molar-refractivity contribution is 6.06. The molecule has 1 aliphatic heterocycles. The molecule has 3 aromatic carbocycles. The normalized spacial score (nSPS) is 15.8. The molecule has 33 heavy (non-hydrogen) atoms. The minimum Gasteiger partial charge on any atom is -0.455 e. The molecule has 0 radical (unpaired) electrons. The first-order valence-electron chi connectivity index (χ1n) is 12.7. The van der Waals surface area contributed by atoms with Crippen molar-refractivity contribution >= 4 is 21.5 Å². The summed E-state index contributed by atoms with van der Waals surface area (Å²) in [6.07, 6.45) is 9.93. The molecule has 0 saturated heterocycles. The van der Waals surface area contributed by atoms with Crippen molar-refractivity contribution in [3.05, 3.63) is 65.4 Å². The number of hydrogen-bond donors (Lipinski definition) is 0. The second-order valence-corrected chi connectivity index (χ2v) is 10.6. The Hall–Kier alpha value is -2.87. The van der Waals surface area contributed by atoms with E-state index in [1.54, 1.807) is 0 Å². The summed E-state index contributed by atoms with van der Waals surface area (Å²) in [5.41, 5.74) is 6.70. The predicted molar refractivity (Wildman–Crippen MR) is 137 cm³/mol. The van der Waals surface area contributed by atoms with Crippen LogP contribution < -0.4 is 9.30 Å². The summed E-state index contributed by atoms with van der Waals surface area (Å²) in [6.45, 7) is 6.88. The minimum absolute atomic E-state index is 0.559. The van der Waals surface area contributed by atoms with Crippen LogP contribution in [0.4, 0.5) is 0 Å². The molecule has 168 valence electrons. The van der Waals surface area contributed by atoms with Gasteiger partial charge in [-0.05, 0) is 71.4 Å². The molecule has 1 aliphatic carbocycles. The lowest BCUT2D eigenvalue weighted by molar-refractivity contribution is -0.659. The van der Waals surface area contributed by atoms with Gasteiger partial charge in [0.15, 0.2) is 6.20 Å². The van der Waals surface area contributed by atoms with Gasteiger partial charge in [0.05, 0.1) is 10.9 Å². The highest BCUT2D eigenvalue weighted by Gasteiger charge is 2.33. The standard InChI is InChI=1S/C31H34NO/c1-19(2)16-26-25-13-9-8-12-24(25)20(3)28-30-29-22(14-15-32(30)4)17-23(18-27(29)33-31(26)28)21-10-6-5-7-11-21/h8-9,12-15,17-19,21H,5-7,10-11,16H2,1-4H3/q+1. The Morgan fingerprint density at radius 1 is 1.00 bits per heavy atom. The van der Waals surface area contributed by atoms with Gasteiger partial charge in [0.2, 0.25) is 5.69 Å². The predicted octanol–water partition coefficient (Wildman–Crippen LogP) is 8.14. The number of nitrogens with zero attached hydrogens (tertiary/aromatic N) is 1. The van der Waals surface area contributed by atoms with Crippen molar-refractivity contribution in [3.63, 3.8) is 0 Å². The van der Waals surface area contributed by atoms with E-state index in [-0.39, 0.29) is 0 Å². The Morgan fingerprint density at radius 2 is 1.76 bits per heavy atom. The number of aryl methyl sites for hydroxylation is 2. The summed E-state index contributed by atoms with van der Waals surface area (Å²) < 4.78 is 9.24. The van der Waals surface area contributed by atoms with Crippen LogP contribution in [0.2, 0.25) is 0 Å². The average molecular weight is 437 g/mol. The van der Waals surface area contributed by atoms with Crippen molar-refractivity contribution in [2.75, 3.05) is 0 Å². The van der Waals surface area contributed by atoms with E-state index >= 15 is 0 Å². The highest BCUT2D eigenvalue weighted by Crippen LogP contribution is 2.52. The second kappa shape index (κ2) is 7.87. The fraction of sp³-hybridized carbons (Fsp3) is 0.387. The van der Waals surface area contributed by atoms with Crippen LogP contribution >= 0.6 is 0 Å². The number of hydrogen-bond acceptors (Lipinski definition) is 1. The molecular formula is C31H34NO+. The molecule has 2 nitrogen and oxygen atoms in total. The van der Waals surface area contributed by atoms with Gasteiger partial charge in [0.25, 0.3) is 0 Å². The summed E-state index contributed by atoms with van der Waals surface area (Å²) in [7, 11) is 2.18. The first-order chi connectivity index (χ1) is 16.0. The number of ether oxygens (including phenoxy) is 1. The van der Waals surface area contributed by atoms with Crippen molar-refractivity contribution in [2.45, 2.75) is 65.2 Å². The molecule has 6 rings (SSSR count). The lowest BCUT2D eigenvalue weighted by Crippen LogP contribution is -2.32. The molecule has 2 heteroatoms. The topological polar surface area (TPSA) is 13.1 Å². The summed E-state index contributed by atoms with van der Waals surface area (Å²) in [4.78, 5) is 0. The maximum atomic E-state index is 6.94. The van der Waals surface area contributed by atoms with Crippen LogP contribution in [0, 0.1) is 12.8 Å². The van der Waals surface area contributed by atoms with E-state index in [2.05, 4.69) is 81.0 Å². The average Bonchev–Trinajstić information content (AvgIpc) is 2.83. The summed E-state index contributed by atoms with van der Waals surface area (Å²) in [6, 6.07) is 16.0. The Balaban J connectivity index is 1.68. The fourth-order valence-corrected chi connectivity index (χ4v) is 6.31. The number of benzene rings is 3. The van der Waals surface area contributed by atoms with E-state index in [0.717, 1.165) is 17.9 Å². The van der Waals surface area contributed by atoms with Gasteiger partial charge < -0.3 is 4.74 Å². The molecule has 4 aromatic rings. The number of rotatable bonds is 3. The zero-order valence-electron chi connectivity index (χ0n) is 20.4. The molecule has 1 fully saturated rings. The Morgan fingerprint density at radius 3 is 2.52 bits per heavy atom. The Kier molecular flexibility index (Phi) is 4.94. The van der Waals surface area contributed by atoms with Crippen LogP contribution in [0.3, 0.4) is 0 Å². The first kappa shape index (κ1) is 20.7. The van der Waals surface area contributed by atoms with Crippen LogP contribution in [0.15, 0.2) is 48.7 Å². The third-order valence-corrected chi connectivity index (χ3v) is 7.89. The van der Waals surface area contributed by atoms with Gasteiger partial charge in [-0.25, -0.2) is 4.57 Å². The van der Waals surface area contributed by atoms with Gasteiger partial charge in [0.1, 0.15) is 18.5 Å². The van der Waals surface area contributed by atoms with Crippen LogP contribution in [0.1, 0.15) is 68.6 Å². The van der Waals surface area contributed by atoms with Gasteiger partial charge in [-0.1, -0.05) is 63.4 Å². The van der Waals surface area contributed by atoms with Gasteiger partial charge in [0, 0.05) is 11.6 Å². The number of pyridine rings is 1. The zero-order valence-corrected chi connectivity index (χ0v) is 20.4. The lowest BCUT2D eigenvalue weighted by Gasteiger charge is -2.28. The van der Waals surface area contributed by atoms with E-state index in [1.165, 1.54) is 81.6 Å². The largest absolute Gasteiger partial charge is 0.455 e. The SMILES string of the molecule is Cc1c2c(c(CC(C)C)c3ccccc13)Oc1cc(C3CCCCC3)cc3cc[n+](C)c-2c13. The van der Waals surface area contributed by atoms with Crippen LogP contribution in [0.5, 0.6) is 11.5 Å². The van der Waals surface area contributed by atoms with E-state index < -0.39 is 0 Å². The fourth-order valence-electron chi connectivity index (χ4n) is 6.31. The molecular weight excluding hydrogens is 402 g/mol. The van der Waals surface area contributed by atoms with Crippen molar-refractivity contribution in [2.24, 2.45) is 13.0 Å². The van der Waals surface area contributed by atoms with Crippen molar-refractivity contribution in [1.29, 1.82) is 0 Å². The van der Waals surface area contributed by atoms with Gasteiger partial charge in [-0.3, -0.25) is 0 Å². The molecule has 0 spiro atoms. The van der Waals surface area contributed by atoms with Crippen LogP contribution in [-0.4, -0.2) is 0 Å². The van der Waals surface area contributed by atoms with Crippen LogP contribution in [-0.2, 0) is 13.5 Å². The molecule has 1 saturated carbocycles. The Labute approximate surface area is 197 Å². The van der Waals surface area contributed by atoms with Gasteiger partial charge in [-0.15, -0.1) is 0 Å². The Bertz CT molecular complexity index is 1390. The molecule has 2 heterocycles. The van der Waals surface area contributed by atoms with E-state index in [0.29, 0.717) is 11.8 Å². The van der Waals surface area contributed by atoms with Crippen LogP contribution in [0.25, 0.3) is 32.8 Å². The maximum Gasteiger partial charge on any atom is 0.228 e. The monoisotopic (exact) mass is 436 g/mol. The molecule has 0 amide bonds. The minimum atomic E-state index is 0.559. The summed E-state index contributed by atoms with van der Waals surface area (Å²) in [5, 5.41) is 5.25. The summed E-state index contributed by atoms with van der Waals surface area (Å²) >= 11 is 0. The van der Waals surface area contributed by atoms with E-state index in [1.807, 2.05) is 0 Å². The number of aromatic nitrogens is 1. The molecule has 0 atom stereocenters. The van der Waals surface area contributed by atoms with Gasteiger partial charge in [-0.2, -0.15) is 0 Å². The molecule has 0 bridgehead atoms. The quantitative estimate of drug-likeness (QED) is 0.260. The zero-order chi connectivity index (χ0) is 22.7. The molecule has 2 aliphatic rings. The van der Waals surface area contributed by atoms with Crippen molar-refractivity contribution < 1.29 is 9.30 Å². The number of fused-ring (bicyclic) bond motifs is 3. The first-order valence-corrected chi connectivity index (χ1v) is 12.7. The highest BCUT2D eigenvalue weighted by atomic mass is 16.5. The van der Waals surface area contributed by atoms with E-state index in [9.17, 15) is 0 Å². The summed E-state index contributed by atoms with van der Waals surface area (Å²) in [5.74, 6) is 3.35. The van der Waals surface area contributed by atoms with Gasteiger partial charge >= 0.3 is 0 Å². The second-order valence-electron chi connectivity index (χ2n) is 10.6.